The summed E-state index contributed by atoms with van der Waals surface area (Å²) in [6.07, 6.45) is 2.38. The van der Waals surface area contributed by atoms with E-state index in [2.05, 4.69) is 17.1 Å². The Morgan fingerprint density at radius 1 is 1.33 bits per heavy atom. The minimum Gasteiger partial charge on any atom is -0.481 e. The molecular formula is C18H18ClFN2O2. The van der Waals surface area contributed by atoms with E-state index in [0.29, 0.717) is 5.69 Å². The summed E-state index contributed by atoms with van der Waals surface area (Å²) in [5, 5.41) is 11.5. The van der Waals surface area contributed by atoms with Crippen molar-refractivity contribution in [1.29, 1.82) is 0 Å². The Kier molecular flexibility index (Phi) is 8.22. The highest BCUT2D eigenvalue weighted by Gasteiger charge is 1.99. The number of carboxylic acids is 1. The zero-order valence-electron chi connectivity index (χ0n) is 13.2. The molecule has 0 saturated heterocycles. The van der Waals surface area contributed by atoms with Crippen LogP contribution in [-0.4, -0.2) is 17.3 Å². The summed E-state index contributed by atoms with van der Waals surface area (Å²) >= 11 is 5.68. The number of carbonyl (C=O) groups is 1. The Bertz CT molecular complexity index is 714. The fourth-order valence-corrected chi connectivity index (χ4v) is 1.85. The van der Waals surface area contributed by atoms with Crippen molar-refractivity contribution in [2.24, 2.45) is 5.10 Å². The fourth-order valence-electron chi connectivity index (χ4n) is 1.67. The Balaban J connectivity index is 0.000000648. The number of allylic oxidation sites excluding steroid dienone is 1. The van der Waals surface area contributed by atoms with Crippen LogP contribution in [0.3, 0.4) is 0 Å². The summed E-state index contributed by atoms with van der Waals surface area (Å²) in [6, 6.07) is 14.3. The zero-order chi connectivity index (χ0) is 17.9. The van der Waals surface area contributed by atoms with Crippen molar-refractivity contribution in [3.8, 4) is 0 Å². The van der Waals surface area contributed by atoms with Crippen LogP contribution in [0.5, 0.6) is 0 Å². The van der Waals surface area contributed by atoms with Gasteiger partial charge in [-0.2, -0.15) is 5.10 Å². The average Bonchev–Trinajstić information content (AvgIpc) is 2.51. The maximum atomic E-state index is 13.0. The molecule has 24 heavy (non-hydrogen) atoms. The smallest absolute Gasteiger partial charge is 0.300 e. The van der Waals surface area contributed by atoms with E-state index < -0.39 is 11.8 Å². The average molecular weight is 349 g/mol. The lowest BCUT2D eigenvalue weighted by Gasteiger charge is -2.02. The standard InChI is InChI=1S/C16H14ClFN2.C2H4O2/c1-12(9-13-5-3-2-4-6-13)11-19-20-14-7-8-16(18)15(17)10-14;1-2(3)4/h2-8,10-11,20H,1,9H2;1H3,(H,3,4)/b19-11-;. The third-order valence-corrected chi connectivity index (χ3v) is 2.92. The molecule has 2 aromatic carbocycles. The summed E-state index contributed by atoms with van der Waals surface area (Å²) in [5.74, 6) is -1.28. The van der Waals surface area contributed by atoms with Gasteiger partial charge < -0.3 is 5.11 Å². The molecule has 0 saturated carbocycles. The molecule has 0 bridgehead atoms. The van der Waals surface area contributed by atoms with Gasteiger partial charge in [0, 0.05) is 6.92 Å². The lowest BCUT2D eigenvalue weighted by Crippen LogP contribution is -1.94. The molecule has 6 heteroatoms. The van der Waals surface area contributed by atoms with Crippen LogP contribution in [0.4, 0.5) is 10.1 Å². The number of anilines is 1. The first-order valence-corrected chi connectivity index (χ1v) is 7.41. The molecule has 0 fully saturated rings. The molecule has 0 spiro atoms. The number of nitrogens with one attached hydrogen (secondary N) is 1. The van der Waals surface area contributed by atoms with Crippen molar-refractivity contribution in [3.05, 3.63) is 77.1 Å². The lowest BCUT2D eigenvalue weighted by molar-refractivity contribution is -0.134. The van der Waals surface area contributed by atoms with E-state index >= 15 is 0 Å². The predicted molar refractivity (Wildman–Crippen MR) is 96.1 cm³/mol. The highest BCUT2D eigenvalue weighted by molar-refractivity contribution is 6.31. The van der Waals surface area contributed by atoms with Crippen LogP contribution in [0.15, 0.2) is 65.8 Å². The van der Waals surface area contributed by atoms with Gasteiger partial charge in [0.1, 0.15) is 5.82 Å². The first-order valence-electron chi connectivity index (χ1n) is 7.04. The van der Waals surface area contributed by atoms with Crippen LogP contribution in [0.25, 0.3) is 0 Å². The fraction of sp³-hybridized carbons (Fsp3) is 0.111. The highest BCUT2D eigenvalue weighted by atomic mass is 35.5. The minimum atomic E-state index is -0.833. The minimum absolute atomic E-state index is 0.0633. The van der Waals surface area contributed by atoms with Gasteiger partial charge in [0.15, 0.2) is 0 Å². The molecule has 0 unspecified atom stereocenters. The van der Waals surface area contributed by atoms with Crippen LogP contribution in [0.2, 0.25) is 5.02 Å². The summed E-state index contributed by atoms with van der Waals surface area (Å²) in [7, 11) is 0. The van der Waals surface area contributed by atoms with Crippen molar-refractivity contribution < 1.29 is 14.3 Å². The van der Waals surface area contributed by atoms with Gasteiger partial charge in [-0.1, -0.05) is 48.5 Å². The second-order valence-corrected chi connectivity index (χ2v) is 5.25. The van der Waals surface area contributed by atoms with E-state index in [4.69, 9.17) is 21.5 Å². The second kappa shape index (κ2) is 10.2. The van der Waals surface area contributed by atoms with E-state index in [0.717, 1.165) is 18.9 Å². The number of hydrazone groups is 1. The molecule has 126 valence electrons. The number of benzene rings is 2. The van der Waals surface area contributed by atoms with Crippen LogP contribution in [-0.2, 0) is 11.2 Å². The summed E-state index contributed by atoms with van der Waals surface area (Å²) in [4.78, 5) is 9.00. The van der Waals surface area contributed by atoms with Crippen LogP contribution in [0.1, 0.15) is 12.5 Å². The monoisotopic (exact) mass is 348 g/mol. The number of hydrogen-bond donors (Lipinski definition) is 2. The quantitative estimate of drug-likeness (QED) is 0.604. The normalized spacial score (nSPS) is 9.96. The topological polar surface area (TPSA) is 61.7 Å². The van der Waals surface area contributed by atoms with Gasteiger partial charge in [-0.25, -0.2) is 4.39 Å². The Hall–Kier alpha value is -2.66. The SMILES string of the molecule is C=C(/C=N\Nc1ccc(F)c(Cl)c1)Cc1ccccc1.CC(=O)O. The zero-order valence-corrected chi connectivity index (χ0v) is 13.9. The summed E-state index contributed by atoms with van der Waals surface area (Å²) in [6.45, 7) is 5.02. The van der Waals surface area contributed by atoms with Crippen molar-refractivity contribution >= 4 is 29.5 Å². The van der Waals surface area contributed by atoms with E-state index in [-0.39, 0.29) is 5.02 Å². The molecule has 0 amide bonds. The number of carboxylic acid groups (broad SMARTS) is 1. The van der Waals surface area contributed by atoms with Crippen LogP contribution in [0, 0.1) is 5.82 Å². The van der Waals surface area contributed by atoms with Gasteiger partial charge in [0.2, 0.25) is 0 Å². The van der Waals surface area contributed by atoms with Crippen molar-refractivity contribution in [2.45, 2.75) is 13.3 Å². The Morgan fingerprint density at radius 3 is 2.54 bits per heavy atom. The number of nitrogens with zero attached hydrogens (tertiary/aromatic N) is 1. The number of rotatable bonds is 5. The Labute approximate surface area is 145 Å². The summed E-state index contributed by atoms with van der Waals surface area (Å²) in [5.41, 5.74) is 5.46. The van der Waals surface area contributed by atoms with E-state index in [1.54, 1.807) is 12.3 Å². The van der Waals surface area contributed by atoms with Gasteiger partial charge in [-0.05, 0) is 35.8 Å². The van der Waals surface area contributed by atoms with Crippen molar-refractivity contribution in [1.82, 2.24) is 0 Å². The molecule has 0 radical (unpaired) electrons. The first-order chi connectivity index (χ1) is 11.4. The van der Waals surface area contributed by atoms with Gasteiger partial charge >= 0.3 is 0 Å². The van der Waals surface area contributed by atoms with E-state index in [9.17, 15) is 4.39 Å². The first kappa shape index (κ1) is 19.4. The largest absolute Gasteiger partial charge is 0.481 e. The molecule has 2 N–H and O–H groups in total. The van der Waals surface area contributed by atoms with E-state index in [1.807, 2.05) is 30.3 Å². The molecule has 0 aromatic heterocycles. The lowest BCUT2D eigenvalue weighted by atomic mass is 10.1. The third kappa shape index (κ3) is 8.10. The van der Waals surface area contributed by atoms with Gasteiger partial charge in [-0.15, -0.1) is 0 Å². The number of hydrogen-bond acceptors (Lipinski definition) is 3. The molecule has 0 atom stereocenters. The Morgan fingerprint density at radius 2 is 1.96 bits per heavy atom. The van der Waals surface area contributed by atoms with Crippen molar-refractivity contribution in [3.63, 3.8) is 0 Å². The number of halogens is 2. The molecular weight excluding hydrogens is 331 g/mol. The summed E-state index contributed by atoms with van der Waals surface area (Å²) < 4.78 is 13.0. The molecule has 0 aliphatic heterocycles. The van der Waals surface area contributed by atoms with E-state index in [1.165, 1.54) is 17.7 Å². The molecule has 2 rings (SSSR count). The van der Waals surface area contributed by atoms with Crippen molar-refractivity contribution in [2.75, 3.05) is 5.43 Å². The highest BCUT2D eigenvalue weighted by Crippen LogP contribution is 2.19. The molecule has 2 aromatic rings. The maximum absolute atomic E-state index is 13.0. The molecule has 0 aliphatic carbocycles. The predicted octanol–water partition coefficient (Wildman–Crippen LogP) is 4.77. The van der Waals surface area contributed by atoms with Gasteiger partial charge in [0.05, 0.1) is 16.9 Å². The van der Waals surface area contributed by atoms with Crippen LogP contribution < -0.4 is 5.43 Å². The van der Waals surface area contributed by atoms with Gasteiger partial charge in [0.25, 0.3) is 5.97 Å². The third-order valence-electron chi connectivity index (χ3n) is 2.63. The second-order valence-electron chi connectivity index (χ2n) is 4.84. The number of aliphatic carboxylic acids is 1. The molecule has 4 nitrogen and oxygen atoms in total. The van der Waals surface area contributed by atoms with Crippen LogP contribution >= 0.6 is 11.6 Å². The van der Waals surface area contributed by atoms with Gasteiger partial charge in [-0.3, -0.25) is 10.2 Å². The maximum Gasteiger partial charge on any atom is 0.300 e. The molecule has 0 aliphatic rings. The molecule has 0 heterocycles.